The summed E-state index contributed by atoms with van der Waals surface area (Å²) in [5.41, 5.74) is 4.45. The van der Waals surface area contributed by atoms with Crippen LogP contribution in [0.25, 0.3) is 0 Å². The molecule has 54 valence electrons. The zero-order valence-electron chi connectivity index (χ0n) is 4.64. The maximum atomic E-state index is 11.4. The molecule has 9 heavy (non-hydrogen) atoms. The van der Waals surface area contributed by atoms with Crippen LogP contribution in [0, 0.1) is 0 Å². The van der Waals surface area contributed by atoms with Crippen molar-refractivity contribution in [1.82, 2.24) is 0 Å². The summed E-state index contributed by atoms with van der Waals surface area (Å²) in [7, 11) is 0. The van der Waals surface area contributed by atoms with E-state index in [1.54, 1.807) is 0 Å². The standard InChI is InChI=1S/C4H7F2NO2/c5-1-3(2-6)9-4(7)8/h3H,1-2H2,(H2,7,8). The quantitative estimate of drug-likeness (QED) is 0.614. The largest absolute Gasteiger partial charge is 0.441 e. The van der Waals surface area contributed by atoms with Gasteiger partial charge in [0.2, 0.25) is 0 Å². The number of nitrogens with two attached hydrogens (primary N) is 1. The Labute approximate surface area is 50.8 Å². The summed E-state index contributed by atoms with van der Waals surface area (Å²) in [4.78, 5) is 9.79. The summed E-state index contributed by atoms with van der Waals surface area (Å²) >= 11 is 0. The fourth-order valence-corrected chi connectivity index (χ4v) is 0.268. The third kappa shape index (κ3) is 3.69. The highest BCUT2D eigenvalue weighted by Crippen LogP contribution is 1.93. The first kappa shape index (κ1) is 8.13. The Kier molecular flexibility index (Phi) is 3.66. The van der Waals surface area contributed by atoms with Gasteiger partial charge in [0.15, 0.2) is 6.10 Å². The number of hydrogen-bond acceptors (Lipinski definition) is 2. The van der Waals surface area contributed by atoms with Crippen LogP contribution in [0.3, 0.4) is 0 Å². The summed E-state index contributed by atoms with van der Waals surface area (Å²) in [5.74, 6) is 0. The molecule has 0 aliphatic carbocycles. The molecule has 0 fully saturated rings. The van der Waals surface area contributed by atoms with Crippen molar-refractivity contribution in [2.45, 2.75) is 6.10 Å². The molecular formula is C4H7F2NO2. The van der Waals surface area contributed by atoms with Crippen LogP contribution >= 0.6 is 0 Å². The Balaban J connectivity index is 3.43. The minimum absolute atomic E-state index is 1.04. The highest BCUT2D eigenvalue weighted by atomic mass is 19.1. The smallest absolute Gasteiger partial charge is 0.404 e. The highest BCUT2D eigenvalue weighted by molar-refractivity contribution is 5.64. The third-order valence-electron chi connectivity index (χ3n) is 0.627. The average Bonchev–Trinajstić information content (AvgIpc) is 1.82. The molecule has 0 atom stereocenters. The number of ether oxygens (including phenoxy) is 1. The second kappa shape index (κ2) is 4.05. The van der Waals surface area contributed by atoms with E-state index in [1.807, 2.05) is 0 Å². The topological polar surface area (TPSA) is 52.3 Å². The summed E-state index contributed by atoms with van der Waals surface area (Å²) in [6.45, 7) is -2.08. The second-order valence-corrected chi connectivity index (χ2v) is 1.37. The van der Waals surface area contributed by atoms with E-state index in [0.29, 0.717) is 0 Å². The Morgan fingerprint density at radius 3 is 2.11 bits per heavy atom. The van der Waals surface area contributed by atoms with Gasteiger partial charge in [-0.1, -0.05) is 0 Å². The molecule has 0 aromatic rings. The van der Waals surface area contributed by atoms with Crippen LogP contribution in [0.15, 0.2) is 0 Å². The van der Waals surface area contributed by atoms with Gasteiger partial charge in [0.05, 0.1) is 0 Å². The molecule has 0 bridgehead atoms. The van der Waals surface area contributed by atoms with Crippen molar-refractivity contribution in [3.63, 3.8) is 0 Å². The minimum Gasteiger partial charge on any atom is -0.441 e. The molecule has 0 saturated carbocycles. The summed E-state index contributed by atoms with van der Waals surface area (Å²) in [6.07, 6.45) is -2.49. The number of alkyl halides is 2. The molecule has 0 spiro atoms. The van der Waals surface area contributed by atoms with Crippen molar-refractivity contribution < 1.29 is 18.3 Å². The van der Waals surface area contributed by atoms with Crippen molar-refractivity contribution in [2.24, 2.45) is 5.73 Å². The fraction of sp³-hybridized carbons (Fsp3) is 0.750. The summed E-state index contributed by atoms with van der Waals surface area (Å²) in [5, 5.41) is 0. The minimum atomic E-state index is -1.33. The summed E-state index contributed by atoms with van der Waals surface area (Å²) in [6, 6.07) is 0. The van der Waals surface area contributed by atoms with Gasteiger partial charge in [0.1, 0.15) is 13.3 Å². The van der Waals surface area contributed by atoms with Gasteiger partial charge in [-0.25, -0.2) is 13.6 Å². The monoisotopic (exact) mass is 139 g/mol. The van der Waals surface area contributed by atoms with E-state index < -0.39 is 25.5 Å². The van der Waals surface area contributed by atoms with Crippen LogP contribution < -0.4 is 5.73 Å². The number of carbonyl (C=O) groups excluding carboxylic acids is 1. The van der Waals surface area contributed by atoms with Crippen molar-refractivity contribution in [3.8, 4) is 0 Å². The van der Waals surface area contributed by atoms with Gasteiger partial charge < -0.3 is 10.5 Å². The zero-order chi connectivity index (χ0) is 7.28. The normalized spacial score (nSPS) is 9.67. The van der Waals surface area contributed by atoms with Gasteiger partial charge in [0.25, 0.3) is 0 Å². The lowest BCUT2D eigenvalue weighted by atomic mass is 10.4. The van der Waals surface area contributed by atoms with E-state index >= 15 is 0 Å². The Morgan fingerprint density at radius 2 is 2.00 bits per heavy atom. The van der Waals surface area contributed by atoms with Crippen LogP contribution in [0.2, 0.25) is 0 Å². The zero-order valence-corrected chi connectivity index (χ0v) is 4.64. The highest BCUT2D eigenvalue weighted by Gasteiger charge is 2.10. The predicted octanol–water partition coefficient (Wildman–Crippen LogP) is 0.389. The van der Waals surface area contributed by atoms with Crippen LogP contribution in [0.4, 0.5) is 13.6 Å². The lowest BCUT2D eigenvalue weighted by Gasteiger charge is -2.06. The van der Waals surface area contributed by atoms with E-state index in [2.05, 4.69) is 10.5 Å². The molecule has 5 heteroatoms. The second-order valence-electron chi connectivity index (χ2n) is 1.37. The molecule has 0 unspecified atom stereocenters. The predicted molar refractivity (Wildman–Crippen MR) is 26.4 cm³/mol. The Morgan fingerprint density at radius 1 is 1.56 bits per heavy atom. The van der Waals surface area contributed by atoms with Gasteiger partial charge in [-0.05, 0) is 0 Å². The number of rotatable bonds is 3. The maximum Gasteiger partial charge on any atom is 0.404 e. The number of primary amides is 1. The maximum absolute atomic E-state index is 11.4. The van der Waals surface area contributed by atoms with Crippen molar-refractivity contribution in [1.29, 1.82) is 0 Å². The molecule has 0 aliphatic heterocycles. The lowest BCUT2D eigenvalue weighted by Crippen LogP contribution is -2.25. The van der Waals surface area contributed by atoms with Crippen LogP contribution in [0.1, 0.15) is 0 Å². The Hall–Kier alpha value is -0.870. The molecule has 0 aromatic heterocycles. The van der Waals surface area contributed by atoms with E-state index in [4.69, 9.17) is 0 Å². The van der Waals surface area contributed by atoms with Crippen LogP contribution in [-0.2, 0) is 4.74 Å². The molecular weight excluding hydrogens is 132 g/mol. The average molecular weight is 139 g/mol. The molecule has 0 heterocycles. The molecule has 0 aromatic carbocycles. The first-order chi connectivity index (χ1) is 4.20. The fourth-order valence-electron chi connectivity index (χ4n) is 0.268. The molecule has 3 nitrogen and oxygen atoms in total. The van der Waals surface area contributed by atoms with Crippen molar-refractivity contribution in [2.75, 3.05) is 13.3 Å². The Bertz CT molecular complexity index is 94.6. The number of carbonyl (C=O) groups is 1. The van der Waals surface area contributed by atoms with Gasteiger partial charge in [-0.15, -0.1) is 0 Å². The van der Waals surface area contributed by atoms with Crippen molar-refractivity contribution in [3.05, 3.63) is 0 Å². The van der Waals surface area contributed by atoms with E-state index in [-0.39, 0.29) is 0 Å². The van der Waals surface area contributed by atoms with Crippen molar-refractivity contribution >= 4 is 6.09 Å². The molecule has 1 amide bonds. The molecule has 0 radical (unpaired) electrons. The van der Waals surface area contributed by atoms with Gasteiger partial charge >= 0.3 is 6.09 Å². The molecule has 2 N–H and O–H groups in total. The summed E-state index contributed by atoms with van der Waals surface area (Å²) < 4.78 is 26.8. The van der Waals surface area contributed by atoms with Gasteiger partial charge in [-0.3, -0.25) is 0 Å². The SMILES string of the molecule is NC(=O)OC(CF)CF. The van der Waals surface area contributed by atoms with E-state index in [1.165, 1.54) is 0 Å². The van der Waals surface area contributed by atoms with Gasteiger partial charge in [0, 0.05) is 0 Å². The van der Waals surface area contributed by atoms with Crippen LogP contribution in [0.5, 0.6) is 0 Å². The molecule has 0 rings (SSSR count). The van der Waals surface area contributed by atoms with E-state index in [9.17, 15) is 13.6 Å². The first-order valence-corrected chi connectivity index (χ1v) is 2.28. The third-order valence-corrected chi connectivity index (χ3v) is 0.627. The number of hydrogen-bond donors (Lipinski definition) is 1. The van der Waals surface area contributed by atoms with Gasteiger partial charge in [-0.2, -0.15) is 0 Å². The number of halogens is 2. The first-order valence-electron chi connectivity index (χ1n) is 2.28. The molecule has 0 saturated heterocycles. The van der Waals surface area contributed by atoms with Crippen LogP contribution in [-0.4, -0.2) is 25.5 Å². The molecule has 0 aliphatic rings. The number of amides is 1. The van der Waals surface area contributed by atoms with E-state index in [0.717, 1.165) is 0 Å². The lowest BCUT2D eigenvalue weighted by molar-refractivity contribution is 0.0724.